The van der Waals surface area contributed by atoms with Gasteiger partial charge < -0.3 is 10.8 Å². The van der Waals surface area contributed by atoms with Gasteiger partial charge in [0.2, 0.25) is 10.0 Å². The SMILES string of the molecule is Nc1ccc(S(=O)(=O)NC(C2CC2)C2CC2)c(C(=O)O)c1. The minimum atomic E-state index is -3.85. The van der Waals surface area contributed by atoms with E-state index in [1.54, 1.807) is 0 Å². The molecule has 7 heteroatoms. The normalized spacial score (nSPS) is 18.9. The number of hydrogen-bond donors (Lipinski definition) is 3. The summed E-state index contributed by atoms with van der Waals surface area (Å²) in [6, 6.07) is 3.79. The fourth-order valence-corrected chi connectivity index (χ4v) is 4.23. The summed E-state index contributed by atoms with van der Waals surface area (Å²) < 4.78 is 27.8. The summed E-state index contributed by atoms with van der Waals surface area (Å²) in [4.78, 5) is 11.0. The second-order valence-electron chi connectivity index (χ2n) is 5.88. The van der Waals surface area contributed by atoms with Crippen molar-refractivity contribution in [2.75, 3.05) is 5.73 Å². The maximum Gasteiger partial charge on any atom is 0.337 e. The molecule has 1 aromatic rings. The molecule has 0 saturated heterocycles. The maximum atomic E-state index is 12.5. The molecule has 0 aliphatic heterocycles. The number of carboxylic acids is 1. The number of sulfonamides is 1. The Labute approximate surface area is 123 Å². The Kier molecular flexibility index (Phi) is 3.41. The van der Waals surface area contributed by atoms with Crippen molar-refractivity contribution in [1.82, 2.24) is 4.72 Å². The Morgan fingerprint density at radius 1 is 1.24 bits per heavy atom. The van der Waals surface area contributed by atoms with Gasteiger partial charge in [-0.2, -0.15) is 0 Å². The van der Waals surface area contributed by atoms with Gasteiger partial charge in [0.15, 0.2) is 0 Å². The summed E-state index contributed by atoms with van der Waals surface area (Å²) in [7, 11) is -3.85. The molecule has 0 aromatic heterocycles. The first-order valence-corrected chi connectivity index (χ1v) is 8.52. The minimum Gasteiger partial charge on any atom is -0.478 e. The van der Waals surface area contributed by atoms with Gasteiger partial charge in [0.1, 0.15) is 0 Å². The molecule has 0 atom stereocenters. The summed E-state index contributed by atoms with van der Waals surface area (Å²) in [5, 5.41) is 9.18. The number of anilines is 1. The van der Waals surface area contributed by atoms with E-state index >= 15 is 0 Å². The van der Waals surface area contributed by atoms with Crippen LogP contribution in [0.15, 0.2) is 23.1 Å². The van der Waals surface area contributed by atoms with Crippen LogP contribution in [0.5, 0.6) is 0 Å². The van der Waals surface area contributed by atoms with Gasteiger partial charge in [-0.25, -0.2) is 17.9 Å². The average Bonchev–Trinajstić information content (AvgIpc) is 3.27. The fraction of sp³-hybridized carbons (Fsp3) is 0.500. The second kappa shape index (κ2) is 4.99. The molecule has 114 valence electrons. The topological polar surface area (TPSA) is 109 Å². The van der Waals surface area contributed by atoms with Crippen LogP contribution in [0, 0.1) is 11.8 Å². The molecule has 2 aliphatic rings. The minimum absolute atomic E-state index is 0.0609. The van der Waals surface area contributed by atoms with Crippen LogP contribution >= 0.6 is 0 Å². The van der Waals surface area contributed by atoms with Crippen molar-refractivity contribution in [3.8, 4) is 0 Å². The molecule has 0 unspecified atom stereocenters. The first kappa shape index (κ1) is 14.3. The number of nitrogens with one attached hydrogen (secondary N) is 1. The summed E-state index contributed by atoms with van der Waals surface area (Å²) in [5.74, 6) is -0.499. The predicted octanol–water partition coefficient (Wildman–Crippen LogP) is 1.43. The molecular formula is C14H18N2O4S. The Bertz CT molecular complexity index is 666. The molecule has 21 heavy (non-hydrogen) atoms. The van der Waals surface area contributed by atoms with E-state index in [1.807, 2.05) is 0 Å². The lowest BCUT2D eigenvalue weighted by Gasteiger charge is -2.18. The van der Waals surface area contributed by atoms with Crippen molar-refractivity contribution in [3.63, 3.8) is 0 Å². The van der Waals surface area contributed by atoms with Crippen LogP contribution in [0.4, 0.5) is 5.69 Å². The molecule has 1 aromatic carbocycles. The van der Waals surface area contributed by atoms with Crippen molar-refractivity contribution >= 4 is 21.7 Å². The fourth-order valence-electron chi connectivity index (χ4n) is 2.68. The van der Waals surface area contributed by atoms with Gasteiger partial charge in [-0.05, 0) is 55.7 Å². The molecule has 0 radical (unpaired) electrons. The molecule has 3 rings (SSSR count). The standard InChI is InChI=1S/C14H18N2O4S/c15-10-5-6-12(11(7-10)14(17)18)21(19,20)16-13(8-1-2-8)9-3-4-9/h5-9,13,16H,1-4,15H2,(H,17,18). The number of rotatable bonds is 6. The molecule has 0 bridgehead atoms. The van der Waals surface area contributed by atoms with Crippen molar-refractivity contribution in [1.29, 1.82) is 0 Å². The highest BCUT2D eigenvalue weighted by Crippen LogP contribution is 2.45. The molecular weight excluding hydrogens is 292 g/mol. The van der Waals surface area contributed by atoms with E-state index in [9.17, 15) is 18.3 Å². The van der Waals surface area contributed by atoms with E-state index in [1.165, 1.54) is 18.2 Å². The zero-order chi connectivity index (χ0) is 15.2. The van der Waals surface area contributed by atoms with Crippen molar-refractivity contribution in [2.45, 2.75) is 36.6 Å². The first-order valence-electron chi connectivity index (χ1n) is 7.03. The highest BCUT2D eigenvalue weighted by atomic mass is 32.2. The Balaban J connectivity index is 1.92. The predicted molar refractivity (Wildman–Crippen MR) is 77.4 cm³/mol. The van der Waals surface area contributed by atoms with Gasteiger partial charge in [-0.3, -0.25) is 0 Å². The van der Waals surface area contributed by atoms with Gasteiger partial charge in [0.25, 0.3) is 0 Å². The van der Waals surface area contributed by atoms with Crippen LogP contribution in [0.25, 0.3) is 0 Å². The van der Waals surface area contributed by atoms with E-state index < -0.39 is 16.0 Å². The molecule has 2 fully saturated rings. The lowest BCUT2D eigenvalue weighted by atomic mass is 10.1. The Morgan fingerprint density at radius 2 is 1.81 bits per heavy atom. The number of benzene rings is 1. The van der Waals surface area contributed by atoms with Crippen molar-refractivity contribution < 1.29 is 18.3 Å². The van der Waals surface area contributed by atoms with E-state index in [0.717, 1.165) is 25.7 Å². The summed E-state index contributed by atoms with van der Waals surface area (Å²) in [6.07, 6.45) is 4.16. The number of nitrogen functional groups attached to an aromatic ring is 1. The van der Waals surface area contributed by atoms with Crippen molar-refractivity contribution in [2.24, 2.45) is 11.8 Å². The van der Waals surface area contributed by atoms with Crippen LogP contribution in [-0.2, 0) is 10.0 Å². The molecule has 2 aliphatic carbocycles. The van der Waals surface area contributed by atoms with Crippen LogP contribution in [0.1, 0.15) is 36.0 Å². The number of carbonyl (C=O) groups is 1. The molecule has 6 nitrogen and oxygen atoms in total. The smallest absolute Gasteiger partial charge is 0.337 e. The highest BCUT2D eigenvalue weighted by molar-refractivity contribution is 7.89. The summed E-state index contributed by atoms with van der Waals surface area (Å²) in [6.45, 7) is 0. The van der Waals surface area contributed by atoms with Crippen molar-refractivity contribution in [3.05, 3.63) is 23.8 Å². The van der Waals surface area contributed by atoms with E-state index in [4.69, 9.17) is 5.73 Å². The maximum absolute atomic E-state index is 12.5. The third-order valence-electron chi connectivity index (χ3n) is 4.07. The lowest BCUT2D eigenvalue weighted by molar-refractivity contribution is 0.0692. The Morgan fingerprint density at radius 3 is 2.29 bits per heavy atom. The second-order valence-corrected chi connectivity index (χ2v) is 7.57. The third kappa shape index (κ3) is 3.03. The van der Waals surface area contributed by atoms with Gasteiger partial charge in [0, 0.05) is 11.7 Å². The molecule has 0 heterocycles. The van der Waals surface area contributed by atoms with E-state index in [0.29, 0.717) is 11.8 Å². The molecule has 4 N–H and O–H groups in total. The van der Waals surface area contributed by atoms with Gasteiger partial charge in [-0.15, -0.1) is 0 Å². The molecule has 0 amide bonds. The van der Waals surface area contributed by atoms with Gasteiger partial charge >= 0.3 is 5.97 Å². The first-order chi connectivity index (χ1) is 9.88. The van der Waals surface area contributed by atoms with Crippen LogP contribution in [0.3, 0.4) is 0 Å². The van der Waals surface area contributed by atoms with Crippen LogP contribution < -0.4 is 10.5 Å². The van der Waals surface area contributed by atoms with Crippen LogP contribution in [0.2, 0.25) is 0 Å². The molecule has 0 spiro atoms. The summed E-state index contributed by atoms with van der Waals surface area (Å²) in [5.41, 5.74) is 5.49. The monoisotopic (exact) mass is 310 g/mol. The Hall–Kier alpha value is -1.60. The zero-order valence-electron chi connectivity index (χ0n) is 11.5. The number of nitrogens with two attached hydrogens (primary N) is 1. The number of carboxylic acid groups (broad SMARTS) is 1. The molecule has 2 saturated carbocycles. The van der Waals surface area contributed by atoms with Crippen LogP contribution in [-0.4, -0.2) is 25.5 Å². The lowest BCUT2D eigenvalue weighted by Crippen LogP contribution is -2.38. The summed E-state index contributed by atoms with van der Waals surface area (Å²) >= 11 is 0. The number of hydrogen-bond acceptors (Lipinski definition) is 4. The highest BCUT2D eigenvalue weighted by Gasteiger charge is 2.43. The van der Waals surface area contributed by atoms with Gasteiger partial charge in [-0.1, -0.05) is 0 Å². The third-order valence-corrected chi connectivity index (χ3v) is 5.59. The average molecular weight is 310 g/mol. The van der Waals surface area contributed by atoms with E-state index in [2.05, 4.69) is 4.72 Å². The number of aromatic carboxylic acids is 1. The quantitative estimate of drug-likeness (QED) is 0.689. The zero-order valence-corrected chi connectivity index (χ0v) is 12.3. The van der Waals surface area contributed by atoms with E-state index in [-0.39, 0.29) is 22.2 Å². The largest absolute Gasteiger partial charge is 0.478 e. The van der Waals surface area contributed by atoms with Gasteiger partial charge in [0.05, 0.1) is 10.5 Å².